The molecule has 1 aromatic carbocycles. The van der Waals surface area contributed by atoms with Crippen LogP contribution in [0.25, 0.3) is 0 Å². The van der Waals surface area contributed by atoms with Crippen LogP contribution in [0.1, 0.15) is 30.2 Å². The highest BCUT2D eigenvalue weighted by Crippen LogP contribution is 2.38. The fourth-order valence-corrected chi connectivity index (χ4v) is 5.24. The van der Waals surface area contributed by atoms with Gasteiger partial charge in [-0.3, -0.25) is 4.90 Å². The molecule has 5 nitrogen and oxygen atoms in total. The molecule has 1 aromatic heterocycles. The van der Waals surface area contributed by atoms with Crippen LogP contribution in [0.15, 0.2) is 30.5 Å². The summed E-state index contributed by atoms with van der Waals surface area (Å²) in [5.74, 6) is 0.578. The van der Waals surface area contributed by atoms with Gasteiger partial charge in [-0.25, -0.2) is 4.98 Å². The predicted molar refractivity (Wildman–Crippen MR) is 113 cm³/mol. The van der Waals surface area contributed by atoms with Gasteiger partial charge in [0.15, 0.2) is 5.13 Å². The van der Waals surface area contributed by atoms with Crippen molar-refractivity contribution in [3.63, 3.8) is 0 Å². The molecule has 2 aromatic rings. The average molecular weight is 387 g/mol. The molecular weight excluding hydrogens is 356 g/mol. The highest BCUT2D eigenvalue weighted by atomic mass is 32.1. The molecule has 3 heterocycles. The van der Waals surface area contributed by atoms with Crippen molar-refractivity contribution >= 4 is 22.2 Å². The van der Waals surface area contributed by atoms with Gasteiger partial charge in [0.2, 0.25) is 0 Å². The van der Waals surface area contributed by atoms with Gasteiger partial charge in [0.25, 0.3) is 0 Å². The quantitative estimate of drug-likeness (QED) is 0.728. The Hall–Kier alpha value is -1.63. The summed E-state index contributed by atoms with van der Waals surface area (Å²) in [6, 6.07) is 8.94. The normalized spacial score (nSPS) is 20.1. The summed E-state index contributed by atoms with van der Waals surface area (Å²) in [6.07, 6.45) is 2.07. The zero-order chi connectivity index (χ0) is 18.6. The molecule has 1 saturated heterocycles. The molecule has 0 amide bonds. The van der Waals surface area contributed by atoms with E-state index in [-0.39, 0.29) is 0 Å². The highest BCUT2D eigenvalue weighted by molar-refractivity contribution is 7.15. The molecule has 6 heteroatoms. The second-order valence-electron chi connectivity index (χ2n) is 7.33. The van der Waals surface area contributed by atoms with Crippen LogP contribution in [0.4, 0.5) is 10.8 Å². The van der Waals surface area contributed by atoms with E-state index in [1.807, 2.05) is 11.3 Å². The SMILES string of the molecule is CCN(CC)c1ncc(CN2C[C@@H](CN3CCOCC3)c3ccccc32)s1. The minimum atomic E-state index is 0.578. The van der Waals surface area contributed by atoms with Gasteiger partial charge in [0.05, 0.1) is 19.8 Å². The number of fused-ring (bicyclic) bond motifs is 1. The highest BCUT2D eigenvalue weighted by Gasteiger charge is 2.30. The predicted octanol–water partition coefficient (Wildman–Crippen LogP) is 3.43. The minimum absolute atomic E-state index is 0.578. The maximum absolute atomic E-state index is 5.51. The average Bonchev–Trinajstić information content (AvgIpc) is 3.30. The topological polar surface area (TPSA) is 31.8 Å². The number of ether oxygens (including phenoxy) is 1. The first-order chi connectivity index (χ1) is 13.3. The third-order valence-corrected chi connectivity index (χ3v) is 6.71. The van der Waals surface area contributed by atoms with Crippen LogP contribution in [0.3, 0.4) is 0 Å². The molecule has 4 rings (SSSR count). The number of hydrogen-bond acceptors (Lipinski definition) is 6. The van der Waals surface area contributed by atoms with Gasteiger partial charge >= 0.3 is 0 Å². The molecule has 2 aliphatic heterocycles. The Bertz CT molecular complexity index is 739. The molecule has 0 radical (unpaired) electrons. The van der Waals surface area contributed by atoms with Gasteiger partial charge in [-0.15, -0.1) is 11.3 Å². The summed E-state index contributed by atoms with van der Waals surface area (Å²) < 4.78 is 5.51. The van der Waals surface area contributed by atoms with E-state index < -0.39 is 0 Å². The lowest BCUT2D eigenvalue weighted by Gasteiger charge is -2.29. The Kier molecular flexibility index (Phi) is 5.95. The number of hydrogen-bond donors (Lipinski definition) is 0. The minimum Gasteiger partial charge on any atom is -0.379 e. The first kappa shape index (κ1) is 18.7. The van der Waals surface area contributed by atoms with Crippen LogP contribution >= 0.6 is 11.3 Å². The Morgan fingerprint density at radius 3 is 2.74 bits per heavy atom. The fourth-order valence-electron chi connectivity index (χ4n) is 4.18. The summed E-state index contributed by atoms with van der Waals surface area (Å²) >= 11 is 1.83. The Morgan fingerprint density at radius 1 is 1.19 bits per heavy atom. The molecule has 0 bridgehead atoms. The molecule has 0 N–H and O–H groups in total. The van der Waals surface area contributed by atoms with Crippen LogP contribution in [0.5, 0.6) is 0 Å². The number of rotatable bonds is 7. The smallest absolute Gasteiger partial charge is 0.185 e. The molecular formula is C21H30N4OS. The fraction of sp³-hybridized carbons (Fsp3) is 0.571. The van der Waals surface area contributed by atoms with Crippen molar-refractivity contribution in [2.45, 2.75) is 26.3 Å². The van der Waals surface area contributed by atoms with Gasteiger partial charge in [0.1, 0.15) is 0 Å². The summed E-state index contributed by atoms with van der Waals surface area (Å²) in [5, 5.41) is 1.15. The lowest BCUT2D eigenvalue weighted by atomic mass is 10.0. The number of thiazole rings is 1. The van der Waals surface area contributed by atoms with Gasteiger partial charge in [-0.05, 0) is 25.5 Å². The molecule has 27 heavy (non-hydrogen) atoms. The number of aromatic nitrogens is 1. The van der Waals surface area contributed by atoms with Crippen LogP contribution in [-0.2, 0) is 11.3 Å². The van der Waals surface area contributed by atoms with Gasteiger partial charge in [-0.2, -0.15) is 0 Å². The van der Waals surface area contributed by atoms with Gasteiger partial charge in [0, 0.05) is 61.9 Å². The number of anilines is 2. The molecule has 2 aliphatic rings. The van der Waals surface area contributed by atoms with E-state index in [1.165, 1.54) is 16.1 Å². The maximum atomic E-state index is 5.51. The standard InChI is InChI=1S/C21H30N4OS/c1-3-24(4-2)21-22-13-18(27-21)16-25-15-17(14-23-9-11-26-12-10-23)19-7-5-6-8-20(19)25/h5-8,13,17H,3-4,9-12,14-16H2,1-2H3/t17-/m1/s1. The zero-order valence-corrected chi connectivity index (χ0v) is 17.2. The van der Waals surface area contributed by atoms with Crippen molar-refractivity contribution in [2.24, 2.45) is 0 Å². The monoisotopic (exact) mass is 386 g/mol. The second-order valence-corrected chi connectivity index (χ2v) is 8.42. The number of nitrogens with zero attached hydrogens (tertiary/aromatic N) is 4. The lowest BCUT2D eigenvalue weighted by molar-refractivity contribution is 0.0356. The molecule has 1 atom stereocenters. The molecule has 0 saturated carbocycles. The molecule has 0 aliphatic carbocycles. The van der Waals surface area contributed by atoms with Gasteiger partial charge < -0.3 is 14.5 Å². The van der Waals surface area contributed by atoms with Crippen molar-refractivity contribution in [2.75, 3.05) is 62.3 Å². The van der Waals surface area contributed by atoms with E-state index >= 15 is 0 Å². The summed E-state index contributed by atoms with van der Waals surface area (Å²) in [5.41, 5.74) is 2.89. The van der Waals surface area contributed by atoms with Crippen LogP contribution < -0.4 is 9.80 Å². The van der Waals surface area contributed by atoms with E-state index in [0.29, 0.717) is 5.92 Å². The Labute approximate surface area is 166 Å². The van der Waals surface area contributed by atoms with Crippen molar-refractivity contribution in [3.05, 3.63) is 40.9 Å². The number of morpholine rings is 1. The zero-order valence-electron chi connectivity index (χ0n) is 16.4. The third-order valence-electron chi connectivity index (χ3n) is 5.66. The summed E-state index contributed by atoms with van der Waals surface area (Å²) in [4.78, 5) is 13.4. The maximum Gasteiger partial charge on any atom is 0.185 e. The molecule has 0 unspecified atom stereocenters. The molecule has 146 valence electrons. The van der Waals surface area contributed by atoms with Crippen molar-refractivity contribution in [1.82, 2.24) is 9.88 Å². The first-order valence-corrected chi connectivity index (χ1v) is 10.9. The van der Waals surface area contributed by atoms with Crippen LogP contribution in [0, 0.1) is 0 Å². The van der Waals surface area contributed by atoms with E-state index in [9.17, 15) is 0 Å². The van der Waals surface area contributed by atoms with Gasteiger partial charge in [-0.1, -0.05) is 18.2 Å². The van der Waals surface area contributed by atoms with E-state index in [1.54, 1.807) is 0 Å². The first-order valence-electron chi connectivity index (χ1n) is 10.1. The Balaban J connectivity index is 1.47. The Morgan fingerprint density at radius 2 is 1.96 bits per heavy atom. The number of para-hydroxylation sites is 1. The van der Waals surface area contributed by atoms with Crippen molar-refractivity contribution in [3.8, 4) is 0 Å². The lowest BCUT2D eigenvalue weighted by Crippen LogP contribution is -2.39. The molecule has 1 fully saturated rings. The van der Waals surface area contributed by atoms with E-state index in [0.717, 1.165) is 64.2 Å². The summed E-state index contributed by atoms with van der Waals surface area (Å²) in [6.45, 7) is 13.4. The summed E-state index contributed by atoms with van der Waals surface area (Å²) in [7, 11) is 0. The van der Waals surface area contributed by atoms with Crippen molar-refractivity contribution in [1.29, 1.82) is 0 Å². The van der Waals surface area contributed by atoms with Crippen LogP contribution in [0.2, 0.25) is 0 Å². The largest absolute Gasteiger partial charge is 0.379 e. The second kappa shape index (κ2) is 8.59. The van der Waals surface area contributed by atoms with E-state index in [4.69, 9.17) is 4.74 Å². The van der Waals surface area contributed by atoms with Crippen molar-refractivity contribution < 1.29 is 4.74 Å². The van der Waals surface area contributed by atoms with Crippen LogP contribution in [-0.4, -0.2) is 62.4 Å². The third kappa shape index (κ3) is 4.13. The number of benzene rings is 1. The van der Waals surface area contributed by atoms with E-state index in [2.05, 4.69) is 64.0 Å². The molecule has 0 spiro atoms.